The lowest BCUT2D eigenvalue weighted by Crippen LogP contribution is -2.33. The van der Waals surface area contributed by atoms with E-state index in [4.69, 9.17) is 16.2 Å². The number of H-pyrrole nitrogens is 1. The average Bonchev–Trinajstić information content (AvgIpc) is 3.06. The number of ether oxygens (including phenoxy) is 1. The molecule has 8 heteroatoms. The van der Waals surface area contributed by atoms with E-state index < -0.39 is 11.9 Å². The quantitative estimate of drug-likeness (QED) is 0.594. The van der Waals surface area contributed by atoms with Crippen LogP contribution in [-0.2, 0) is 0 Å². The summed E-state index contributed by atoms with van der Waals surface area (Å²) < 4.78 is 6.00. The zero-order chi connectivity index (χ0) is 19.2. The molecule has 144 valence electrons. The molecular weight excluding hydrogens is 346 g/mol. The van der Waals surface area contributed by atoms with Gasteiger partial charge in [-0.1, -0.05) is 18.6 Å². The number of nitrogens with one attached hydrogen (secondary N) is 2. The van der Waals surface area contributed by atoms with Crippen LogP contribution in [0.15, 0.2) is 30.3 Å². The molecule has 6 N–H and O–H groups in total. The number of hydrogen-bond donors (Lipinski definition) is 4. The van der Waals surface area contributed by atoms with Crippen molar-refractivity contribution in [3.8, 4) is 17.0 Å². The van der Waals surface area contributed by atoms with Crippen molar-refractivity contribution in [2.24, 2.45) is 11.5 Å². The maximum Gasteiger partial charge on any atom is 0.317 e. The van der Waals surface area contributed by atoms with Crippen molar-refractivity contribution in [1.29, 1.82) is 0 Å². The molecule has 1 aromatic carbocycles. The number of para-hydroxylation sites is 1. The molecule has 1 aliphatic heterocycles. The van der Waals surface area contributed by atoms with Gasteiger partial charge in [0, 0.05) is 12.1 Å². The van der Waals surface area contributed by atoms with Gasteiger partial charge in [0.1, 0.15) is 18.2 Å². The fourth-order valence-electron chi connectivity index (χ4n) is 3.30. The molecule has 0 saturated carbocycles. The lowest BCUT2D eigenvalue weighted by Gasteiger charge is -2.26. The van der Waals surface area contributed by atoms with Crippen LogP contribution >= 0.6 is 0 Å². The number of likely N-dealkylation sites (tertiary alicyclic amines) is 1. The molecule has 0 radical (unpaired) electrons. The highest BCUT2D eigenvalue weighted by Crippen LogP contribution is 2.32. The van der Waals surface area contributed by atoms with E-state index in [0.29, 0.717) is 18.1 Å². The summed E-state index contributed by atoms with van der Waals surface area (Å²) in [7, 11) is 0. The molecule has 2 heterocycles. The van der Waals surface area contributed by atoms with E-state index in [2.05, 4.69) is 15.2 Å². The SMILES string of the molecule is NC(=O)Nc1[nH]c(-c2ccccc2OCCN2CCCCC2)cc1C(N)=O. The number of aromatic nitrogens is 1. The summed E-state index contributed by atoms with van der Waals surface area (Å²) in [6.07, 6.45) is 3.78. The normalized spacial score (nSPS) is 14.7. The van der Waals surface area contributed by atoms with E-state index in [1.165, 1.54) is 19.3 Å². The topological polar surface area (TPSA) is 126 Å². The van der Waals surface area contributed by atoms with Crippen LogP contribution < -0.4 is 21.5 Å². The van der Waals surface area contributed by atoms with Crippen molar-refractivity contribution >= 4 is 17.8 Å². The maximum atomic E-state index is 11.7. The summed E-state index contributed by atoms with van der Waals surface area (Å²) in [4.78, 5) is 28.2. The van der Waals surface area contributed by atoms with Crippen molar-refractivity contribution < 1.29 is 14.3 Å². The van der Waals surface area contributed by atoms with Crippen LogP contribution in [0.2, 0.25) is 0 Å². The Kier molecular flexibility index (Phi) is 5.97. The Morgan fingerprint density at radius 2 is 1.89 bits per heavy atom. The van der Waals surface area contributed by atoms with E-state index in [9.17, 15) is 9.59 Å². The van der Waals surface area contributed by atoms with Crippen LogP contribution in [0.5, 0.6) is 5.75 Å². The molecule has 0 spiro atoms. The van der Waals surface area contributed by atoms with Crippen LogP contribution in [0.4, 0.5) is 10.6 Å². The number of rotatable bonds is 7. The Bertz CT molecular complexity index is 811. The number of anilines is 1. The van der Waals surface area contributed by atoms with Gasteiger partial charge in [-0.05, 0) is 44.1 Å². The number of piperidine rings is 1. The Morgan fingerprint density at radius 3 is 2.59 bits per heavy atom. The van der Waals surface area contributed by atoms with Crippen LogP contribution in [0, 0.1) is 0 Å². The third kappa shape index (κ3) is 4.79. The van der Waals surface area contributed by atoms with E-state index >= 15 is 0 Å². The number of urea groups is 1. The van der Waals surface area contributed by atoms with Gasteiger partial charge in [0.15, 0.2) is 0 Å². The highest BCUT2D eigenvalue weighted by Gasteiger charge is 2.17. The molecule has 2 aromatic rings. The number of nitrogens with two attached hydrogens (primary N) is 2. The van der Waals surface area contributed by atoms with E-state index in [0.717, 1.165) is 25.2 Å². The number of carbonyl (C=O) groups is 2. The molecule has 27 heavy (non-hydrogen) atoms. The molecule has 3 rings (SSSR count). The van der Waals surface area contributed by atoms with Gasteiger partial charge < -0.3 is 21.2 Å². The first-order chi connectivity index (χ1) is 13.0. The molecular formula is C19H25N5O3. The molecule has 3 amide bonds. The molecule has 0 aliphatic carbocycles. The lowest BCUT2D eigenvalue weighted by atomic mass is 10.1. The number of amides is 3. The molecule has 0 bridgehead atoms. The summed E-state index contributed by atoms with van der Waals surface area (Å²) in [6.45, 7) is 3.68. The van der Waals surface area contributed by atoms with Gasteiger partial charge >= 0.3 is 6.03 Å². The first kappa shape index (κ1) is 18.8. The summed E-state index contributed by atoms with van der Waals surface area (Å²) in [5.41, 5.74) is 12.1. The minimum absolute atomic E-state index is 0.159. The summed E-state index contributed by atoms with van der Waals surface area (Å²) in [5, 5.41) is 2.39. The first-order valence-corrected chi connectivity index (χ1v) is 9.08. The predicted molar refractivity (Wildman–Crippen MR) is 104 cm³/mol. The number of benzene rings is 1. The number of hydrogen-bond acceptors (Lipinski definition) is 4. The number of nitrogens with zero attached hydrogens (tertiary/aromatic N) is 1. The first-order valence-electron chi connectivity index (χ1n) is 9.08. The Balaban J connectivity index is 1.76. The fourth-order valence-corrected chi connectivity index (χ4v) is 3.30. The third-order valence-electron chi connectivity index (χ3n) is 4.62. The molecule has 0 atom stereocenters. The van der Waals surface area contributed by atoms with Crippen molar-refractivity contribution in [2.75, 3.05) is 31.6 Å². The van der Waals surface area contributed by atoms with Crippen molar-refractivity contribution in [2.45, 2.75) is 19.3 Å². The second-order valence-electron chi connectivity index (χ2n) is 6.57. The van der Waals surface area contributed by atoms with Crippen LogP contribution in [0.1, 0.15) is 29.6 Å². The molecule has 8 nitrogen and oxygen atoms in total. The second kappa shape index (κ2) is 8.59. The smallest absolute Gasteiger partial charge is 0.317 e. The molecule has 1 fully saturated rings. The summed E-state index contributed by atoms with van der Waals surface area (Å²) in [6, 6.07) is 8.31. The van der Waals surface area contributed by atoms with Crippen molar-refractivity contribution in [3.05, 3.63) is 35.9 Å². The lowest BCUT2D eigenvalue weighted by molar-refractivity contribution is 0.100. The van der Waals surface area contributed by atoms with Gasteiger partial charge in [0.25, 0.3) is 5.91 Å². The van der Waals surface area contributed by atoms with Gasteiger partial charge in [-0.3, -0.25) is 15.0 Å². The van der Waals surface area contributed by atoms with Gasteiger partial charge in [-0.2, -0.15) is 0 Å². The highest BCUT2D eigenvalue weighted by atomic mass is 16.5. The second-order valence-corrected chi connectivity index (χ2v) is 6.57. The van der Waals surface area contributed by atoms with E-state index in [1.54, 1.807) is 6.07 Å². The standard InChI is InChI=1S/C19H25N5O3/c20-17(25)14-12-15(22-18(14)23-19(21)26)13-6-2-3-7-16(13)27-11-10-24-8-4-1-5-9-24/h2-3,6-7,12,22H,1,4-5,8-11H2,(H2,20,25)(H3,21,23,26). The van der Waals surface area contributed by atoms with Crippen LogP contribution in [0.25, 0.3) is 11.3 Å². The van der Waals surface area contributed by atoms with Gasteiger partial charge in [0.2, 0.25) is 0 Å². The fraction of sp³-hybridized carbons (Fsp3) is 0.368. The number of primary amides is 2. The van der Waals surface area contributed by atoms with Gasteiger partial charge in [-0.15, -0.1) is 0 Å². The summed E-state index contributed by atoms with van der Waals surface area (Å²) >= 11 is 0. The Labute approximate surface area is 157 Å². The monoisotopic (exact) mass is 371 g/mol. The number of carbonyl (C=O) groups excluding carboxylic acids is 2. The minimum atomic E-state index is -0.781. The maximum absolute atomic E-state index is 11.7. The largest absolute Gasteiger partial charge is 0.492 e. The van der Waals surface area contributed by atoms with Crippen molar-refractivity contribution in [1.82, 2.24) is 9.88 Å². The molecule has 1 aliphatic rings. The zero-order valence-corrected chi connectivity index (χ0v) is 15.2. The Morgan fingerprint density at radius 1 is 1.15 bits per heavy atom. The van der Waals surface area contributed by atoms with E-state index in [1.807, 2.05) is 24.3 Å². The minimum Gasteiger partial charge on any atom is -0.492 e. The molecule has 1 saturated heterocycles. The van der Waals surface area contributed by atoms with Crippen LogP contribution in [0.3, 0.4) is 0 Å². The summed E-state index contributed by atoms with van der Waals surface area (Å²) in [5.74, 6) is 0.204. The molecule has 0 unspecified atom stereocenters. The molecule has 1 aromatic heterocycles. The van der Waals surface area contributed by atoms with Crippen LogP contribution in [-0.4, -0.2) is 48.1 Å². The zero-order valence-electron chi connectivity index (χ0n) is 15.2. The Hall–Kier alpha value is -3.00. The van der Waals surface area contributed by atoms with Crippen molar-refractivity contribution in [3.63, 3.8) is 0 Å². The van der Waals surface area contributed by atoms with E-state index in [-0.39, 0.29) is 11.4 Å². The van der Waals surface area contributed by atoms with Gasteiger partial charge in [0.05, 0.1) is 11.3 Å². The predicted octanol–water partition coefficient (Wildman–Crippen LogP) is 2.14. The third-order valence-corrected chi connectivity index (χ3v) is 4.62. The average molecular weight is 371 g/mol. The highest BCUT2D eigenvalue weighted by molar-refractivity contribution is 6.03. The van der Waals surface area contributed by atoms with Gasteiger partial charge in [-0.25, -0.2) is 4.79 Å². The number of aromatic amines is 1.